The number of benzene rings is 2. The first-order chi connectivity index (χ1) is 15.6. The summed E-state index contributed by atoms with van der Waals surface area (Å²) in [5.41, 5.74) is 4.23. The zero-order valence-electron chi connectivity index (χ0n) is 17.7. The lowest BCUT2D eigenvalue weighted by Gasteiger charge is -2.18. The predicted octanol–water partition coefficient (Wildman–Crippen LogP) is 3.68. The molecular formula is C23H23F3N2O5. The van der Waals surface area contributed by atoms with Crippen molar-refractivity contribution in [3.05, 3.63) is 59.7 Å². The molecule has 1 aliphatic carbocycles. The fourth-order valence-electron chi connectivity index (χ4n) is 3.80. The number of nitrogens with one attached hydrogen (secondary N) is 2. The Balaban J connectivity index is 1.49. The van der Waals surface area contributed by atoms with Gasteiger partial charge in [0, 0.05) is 24.9 Å². The van der Waals surface area contributed by atoms with Crippen molar-refractivity contribution >= 4 is 18.0 Å². The average Bonchev–Trinajstić information content (AvgIpc) is 3.05. The van der Waals surface area contributed by atoms with Crippen molar-refractivity contribution in [1.82, 2.24) is 10.6 Å². The highest BCUT2D eigenvalue weighted by Gasteiger charge is 2.45. The summed E-state index contributed by atoms with van der Waals surface area (Å²) >= 11 is 0. The van der Waals surface area contributed by atoms with Gasteiger partial charge in [-0.3, -0.25) is 9.59 Å². The van der Waals surface area contributed by atoms with Crippen LogP contribution in [-0.4, -0.2) is 48.4 Å². The molecule has 0 bridgehead atoms. The molecule has 0 aromatic heterocycles. The molecule has 0 aliphatic heterocycles. The van der Waals surface area contributed by atoms with Crippen LogP contribution < -0.4 is 10.6 Å². The molecule has 2 atom stereocenters. The first kappa shape index (κ1) is 24.1. The predicted molar refractivity (Wildman–Crippen MR) is 112 cm³/mol. The second-order valence-electron chi connectivity index (χ2n) is 7.81. The van der Waals surface area contributed by atoms with Crippen LogP contribution in [0.15, 0.2) is 48.5 Å². The summed E-state index contributed by atoms with van der Waals surface area (Å²) in [5.74, 6) is -5.74. The van der Waals surface area contributed by atoms with E-state index >= 15 is 0 Å². The van der Waals surface area contributed by atoms with E-state index in [2.05, 4.69) is 5.32 Å². The molecule has 1 aliphatic rings. The van der Waals surface area contributed by atoms with Crippen molar-refractivity contribution in [2.45, 2.75) is 31.5 Å². The SMILES string of the molecule is CC(CC(=O)NCC(C(=O)O)C(F)(F)F)NC(=O)OCC1c2ccccc2-c2ccccc21. The highest BCUT2D eigenvalue weighted by Crippen LogP contribution is 2.44. The van der Waals surface area contributed by atoms with Gasteiger partial charge in [0.15, 0.2) is 5.92 Å². The van der Waals surface area contributed by atoms with E-state index in [0.717, 1.165) is 22.3 Å². The van der Waals surface area contributed by atoms with Crippen LogP contribution >= 0.6 is 0 Å². The molecule has 0 heterocycles. The Hall–Kier alpha value is -3.56. The van der Waals surface area contributed by atoms with Crippen molar-refractivity contribution in [3.63, 3.8) is 0 Å². The monoisotopic (exact) mass is 464 g/mol. The van der Waals surface area contributed by atoms with Crippen LogP contribution in [0.4, 0.5) is 18.0 Å². The highest BCUT2D eigenvalue weighted by molar-refractivity contribution is 5.80. The summed E-state index contributed by atoms with van der Waals surface area (Å²) in [6.45, 7) is 0.472. The number of alkyl carbamates (subject to hydrolysis) is 1. The summed E-state index contributed by atoms with van der Waals surface area (Å²) in [7, 11) is 0. The molecule has 0 saturated heterocycles. The fraction of sp³-hybridized carbons (Fsp3) is 0.348. The Morgan fingerprint density at radius 2 is 1.58 bits per heavy atom. The van der Waals surface area contributed by atoms with Gasteiger partial charge in [0.25, 0.3) is 0 Å². The molecule has 0 saturated carbocycles. The Labute approximate surface area is 187 Å². The maximum atomic E-state index is 12.6. The van der Waals surface area contributed by atoms with E-state index in [4.69, 9.17) is 9.84 Å². The number of alkyl halides is 3. The van der Waals surface area contributed by atoms with Crippen LogP contribution in [0.1, 0.15) is 30.4 Å². The average molecular weight is 464 g/mol. The molecule has 0 spiro atoms. The molecule has 3 N–H and O–H groups in total. The highest BCUT2D eigenvalue weighted by atomic mass is 19.4. The lowest BCUT2D eigenvalue weighted by atomic mass is 9.98. The number of carbonyl (C=O) groups is 3. The Bertz CT molecular complexity index is 995. The number of hydrogen-bond acceptors (Lipinski definition) is 4. The minimum atomic E-state index is -4.98. The van der Waals surface area contributed by atoms with Gasteiger partial charge in [0.2, 0.25) is 5.91 Å². The number of carbonyl (C=O) groups excluding carboxylic acids is 2. The Morgan fingerprint density at radius 3 is 2.09 bits per heavy atom. The van der Waals surface area contributed by atoms with Crippen molar-refractivity contribution in [2.24, 2.45) is 5.92 Å². The largest absolute Gasteiger partial charge is 0.481 e. The zero-order valence-corrected chi connectivity index (χ0v) is 17.7. The quantitative estimate of drug-likeness (QED) is 0.553. The Kier molecular flexibility index (Phi) is 7.25. The number of amides is 2. The van der Waals surface area contributed by atoms with E-state index in [0.29, 0.717) is 0 Å². The lowest BCUT2D eigenvalue weighted by Crippen LogP contribution is -2.43. The third-order valence-corrected chi connectivity index (χ3v) is 5.40. The molecule has 33 heavy (non-hydrogen) atoms. The van der Waals surface area contributed by atoms with Crippen molar-refractivity contribution in [3.8, 4) is 11.1 Å². The van der Waals surface area contributed by atoms with Gasteiger partial charge in [-0.15, -0.1) is 0 Å². The minimum absolute atomic E-state index is 0.0741. The third kappa shape index (κ3) is 5.82. The van der Waals surface area contributed by atoms with Gasteiger partial charge in [0.1, 0.15) is 6.61 Å². The van der Waals surface area contributed by atoms with Gasteiger partial charge in [-0.05, 0) is 29.2 Å². The van der Waals surface area contributed by atoms with Crippen molar-refractivity contribution in [1.29, 1.82) is 0 Å². The van der Waals surface area contributed by atoms with Crippen LogP contribution in [0.25, 0.3) is 11.1 Å². The molecule has 7 nitrogen and oxygen atoms in total. The Morgan fingerprint density at radius 1 is 1.03 bits per heavy atom. The van der Waals surface area contributed by atoms with Crippen LogP contribution in [0.2, 0.25) is 0 Å². The standard InChI is InChI=1S/C23H23F3N2O5/c1-13(10-20(29)27-11-19(21(30)31)23(24,25)26)28-22(32)33-12-18-16-8-4-2-6-14(16)15-7-3-5-9-17(15)18/h2-9,13,18-19H,10-12H2,1H3,(H,27,29)(H,28,32)(H,30,31). The number of ether oxygens (including phenoxy) is 1. The molecular weight excluding hydrogens is 441 g/mol. The number of carboxylic acid groups (broad SMARTS) is 1. The number of aliphatic carboxylic acids is 1. The first-order valence-electron chi connectivity index (χ1n) is 10.3. The van der Waals surface area contributed by atoms with E-state index < -0.39 is 42.7 Å². The van der Waals surface area contributed by atoms with E-state index in [1.807, 2.05) is 53.8 Å². The van der Waals surface area contributed by atoms with Crippen molar-refractivity contribution in [2.75, 3.05) is 13.2 Å². The van der Waals surface area contributed by atoms with E-state index in [1.54, 1.807) is 0 Å². The maximum Gasteiger partial charge on any atom is 0.407 e. The number of fused-ring (bicyclic) bond motifs is 3. The van der Waals surface area contributed by atoms with E-state index in [9.17, 15) is 27.6 Å². The topological polar surface area (TPSA) is 105 Å². The molecule has 0 fully saturated rings. The van der Waals surface area contributed by atoms with Gasteiger partial charge in [-0.2, -0.15) is 13.2 Å². The van der Waals surface area contributed by atoms with Gasteiger partial charge in [-0.1, -0.05) is 48.5 Å². The molecule has 0 radical (unpaired) electrons. The molecule has 2 unspecified atom stereocenters. The fourth-order valence-corrected chi connectivity index (χ4v) is 3.80. The normalized spacial score (nSPS) is 14.5. The van der Waals surface area contributed by atoms with Gasteiger partial charge >= 0.3 is 18.2 Å². The van der Waals surface area contributed by atoms with Gasteiger partial charge in [-0.25, -0.2) is 4.79 Å². The molecule has 176 valence electrons. The number of halogens is 3. The van der Waals surface area contributed by atoms with Crippen molar-refractivity contribution < 1.29 is 37.4 Å². The summed E-state index contributed by atoms with van der Waals surface area (Å²) in [6, 6.07) is 14.9. The smallest absolute Gasteiger partial charge is 0.407 e. The summed E-state index contributed by atoms with van der Waals surface area (Å²) in [5, 5.41) is 13.1. The van der Waals surface area contributed by atoms with Gasteiger partial charge in [0.05, 0.1) is 0 Å². The van der Waals surface area contributed by atoms with Crippen LogP contribution in [0.5, 0.6) is 0 Å². The van der Waals surface area contributed by atoms with Gasteiger partial charge < -0.3 is 20.5 Å². The summed E-state index contributed by atoms with van der Waals surface area (Å²) in [6.07, 6.45) is -6.09. The van der Waals surface area contributed by atoms with Crippen LogP contribution in [0, 0.1) is 5.92 Å². The minimum Gasteiger partial charge on any atom is -0.481 e. The maximum absolute atomic E-state index is 12.6. The van der Waals surface area contributed by atoms with E-state index in [1.165, 1.54) is 6.92 Å². The number of carboxylic acids is 1. The number of hydrogen-bond donors (Lipinski definition) is 3. The van der Waals surface area contributed by atoms with Crippen LogP contribution in [0.3, 0.4) is 0 Å². The third-order valence-electron chi connectivity index (χ3n) is 5.40. The zero-order chi connectivity index (χ0) is 24.2. The summed E-state index contributed by atoms with van der Waals surface area (Å²) < 4.78 is 43.3. The second-order valence-corrected chi connectivity index (χ2v) is 7.81. The number of rotatable bonds is 8. The lowest BCUT2D eigenvalue weighted by molar-refractivity contribution is -0.192. The molecule has 2 aromatic carbocycles. The molecule has 2 aromatic rings. The second kappa shape index (κ2) is 9.93. The molecule has 10 heteroatoms. The van der Waals surface area contributed by atoms with E-state index in [-0.39, 0.29) is 18.9 Å². The summed E-state index contributed by atoms with van der Waals surface area (Å²) in [4.78, 5) is 34.8. The van der Waals surface area contributed by atoms with Crippen LogP contribution in [-0.2, 0) is 14.3 Å². The molecule has 2 amide bonds. The molecule has 3 rings (SSSR count). The first-order valence-corrected chi connectivity index (χ1v) is 10.3.